The molecular formula is C12H17Cl. The zero-order valence-electron chi connectivity index (χ0n) is 8.17. The van der Waals surface area contributed by atoms with Crippen LogP contribution in [0.5, 0.6) is 0 Å². The smallest absolute Gasteiger partial charge is 0.0405 e. The van der Waals surface area contributed by atoms with Gasteiger partial charge in [-0.05, 0) is 18.6 Å². The first-order chi connectivity index (χ1) is 6.31. The molecule has 0 aromatic heterocycles. The Morgan fingerprint density at radius 3 is 2.15 bits per heavy atom. The van der Waals surface area contributed by atoms with Gasteiger partial charge in [-0.15, -0.1) is 6.58 Å². The van der Waals surface area contributed by atoms with Crippen molar-refractivity contribution in [1.82, 2.24) is 0 Å². The molecule has 0 saturated carbocycles. The SMILES string of the molecule is C=CCCCC.Clc1ccccc1. The molecule has 0 fully saturated rings. The van der Waals surface area contributed by atoms with E-state index in [9.17, 15) is 0 Å². The van der Waals surface area contributed by atoms with Crippen LogP contribution < -0.4 is 0 Å². The highest BCUT2D eigenvalue weighted by molar-refractivity contribution is 6.30. The Hall–Kier alpha value is -0.750. The summed E-state index contributed by atoms with van der Waals surface area (Å²) in [7, 11) is 0. The van der Waals surface area contributed by atoms with Gasteiger partial charge in [-0.25, -0.2) is 0 Å². The van der Waals surface area contributed by atoms with E-state index in [1.807, 2.05) is 36.4 Å². The zero-order valence-corrected chi connectivity index (χ0v) is 8.93. The van der Waals surface area contributed by atoms with E-state index in [1.165, 1.54) is 19.3 Å². The Kier molecular flexibility index (Phi) is 8.80. The molecule has 0 heterocycles. The number of rotatable bonds is 3. The molecule has 0 nitrogen and oxygen atoms in total. The fraction of sp³-hybridized carbons (Fsp3) is 0.333. The minimum Gasteiger partial charge on any atom is -0.103 e. The molecule has 0 amide bonds. The Morgan fingerprint density at radius 1 is 1.31 bits per heavy atom. The molecule has 1 heteroatoms. The van der Waals surface area contributed by atoms with Crippen molar-refractivity contribution in [3.05, 3.63) is 48.0 Å². The lowest BCUT2D eigenvalue weighted by molar-refractivity contribution is 0.816. The largest absolute Gasteiger partial charge is 0.103 e. The molecule has 0 N–H and O–H groups in total. The third-order valence-electron chi connectivity index (χ3n) is 1.49. The second kappa shape index (κ2) is 9.34. The summed E-state index contributed by atoms with van der Waals surface area (Å²) in [6.45, 7) is 5.78. The van der Waals surface area contributed by atoms with E-state index in [4.69, 9.17) is 11.6 Å². The van der Waals surface area contributed by atoms with Gasteiger partial charge in [0.15, 0.2) is 0 Å². The molecule has 0 bridgehead atoms. The molecule has 0 radical (unpaired) electrons. The van der Waals surface area contributed by atoms with Crippen LogP contribution >= 0.6 is 11.6 Å². The fourth-order valence-corrected chi connectivity index (χ4v) is 0.909. The van der Waals surface area contributed by atoms with E-state index in [0.29, 0.717) is 0 Å². The third-order valence-corrected chi connectivity index (χ3v) is 1.75. The minimum absolute atomic E-state index is 0.794. The van der Waals surface area contributed by atoms with Gasteiger partial charge in [0.05, 0.1) is 0 Å². The topological polar surface area (TPSA) is 0 Å². The van der Waals surface area contributed by atoms with Gasteiger partial charge in [0.25, 0.3) is 0 Å². The first kappa shape index (κ1) is 12.2. The molecule has 0 saturated heterocycles. The Labute approximate surface area is 86.2 Å². The molecule has 0 atom stereocenters. The monoisotopic (exact) mass is 196 g/mol. The van der Waals surface area contributed by atoms with Crippen LogP contribution in [0.2, 0.25) is 5.02 Å². The van der Waals surface area contributed by atoms with Gasteiger partial charge in [0, 0.05) is 5.02 Å². The van der Waals surface area contributed by atoms with Gasteiger partial charge in [-0.3, -0.25) is 0 Å². The highest BCUT2D eigenvalue weighted by atomic mass is 35.5. The van der Waals surface area contributed by atoms with Gasteiger partial charge >= 0.3 is 0 Å². The summed E-state index contributed by atoms with van der Waals surface area (Å²) < 4.78 is 0. The Bertz CT molecular complexity index is 204. The first-order valence-electron chi connectivity index (χ1n) is 4.62. The van der Waals surface area contributed by atoms with Gasteiger partial charge in [0.1, 0.15) is 0 Å². The standard InChI is InChI=1S/C6H5Cl.C6H12/c7-6-4-2-1-3-5-6;1-3-5-6-4-2/h1-5H;3H,1,4-6H2,2H3. The van der Waals surface area contributed by atoms with Crippen molar-refractivity contribution in [2.24, 2.45) is 0 Å². The van der Waals surface area contributed by atoms with Gasteiger partial charge in [0.2, 0.25) is 0 Å². The highest BCUT2D eigenvalue weighted by Gasteiger charge is 1.75. The van der Waals surface area contributed by atoms with Crippen molar-refractivity contribution in [1.29, 1.82) is 0 Å². The van der Waals surface area contributed by atoms with Crippen molar-refractivity contribution in [2.75, 3.05) is 0 Å². The van der Waals surface area contributed by atoms with Crippen molar-refractivity contribution < 1.29 is 0 Å². The predicted molar refractivity (Wildman–Crippen MR) is 61.2 cm³/mol. The van der Waals surface area contributed by atoms with Gasteiger partial charge < -0.3 is 0 Å². The molecule has 1 rings (SSSR count). The van der Waals surface area contributed by atoms with Crippen LogP contribution in [0.4, 0.5) is 0 Å². The molecule has 0 spiro atoms. The fourth-order valence-electron chi connectivity index (χ4n) is 0.763. The maximum absolute atomic E-state index is 5.54. The van der Waals surface area contributed by atoms with Crippen molar-refractivity contribution in [3.8, 4) is 0 Å². The number of hydrogen-bond acceptors (Lipinski definition) is 0. The lowest BCUT2D eigenvalue weighted by Gasteiger charge is -1.81. The molecule has 0 aliphatic rings. The number of benzene rings is 1. The molecule has 0 aliphatic heterocycles. The maximum atomic E-state index is 5.54. The Morgan fingerprint density at radius 2 is 1.92 bits per heavy atom. The molecule has 72 valence electrons. The van der Waals surface area contributed by atoms with Crippen LogP contribution in [-0.4, -0.2) is 0 Å². The van der Waals surface area contributed by atoms with Gasteiger partial charge in [-0.2, -0.15) is 0 Å². The highest BCUT2D eigenvalue weighted by Crippen LogP contribution is 2.03. The van der Waals surface area contributed by atoms with E-state index in [2.05, 4.69) is 13.5 Å². The third kappa shape index (κ3) is 9.16. The van der Waals surface area contributed by atoms with Gasteiger partial charge in [-0.1, -0.05) is 55.6 Å². The van der Waals surface area contributed by atoms with Crippen LogP contribution in [0.1, 0.15) is 26.2 Å². The number of halogens is 1. The summed E-state index contributed by atoms with van der Waals surface area (Å²) in [5.74, 6) is 0. The number of hydrogen-bond donors (Lipinski definition) is 0. The summed E-state index contributed by atoms with van der Waals surface area (Å²) >= 11 is 5.54. The van der Waals surface area contributed by atoms with Crippen molar-refractivity contribution in [2.45, 2.75) is 26.2 Å². The quantitative estimate of drug-likeness (QED) is 0.486. The molecule has 0 unspecified atom stereocenters. The summed E-state index contributed by atoms with van der Waals surface area (Å²) in [5.41, 5.74) is 0. The number of allylic oxidation sites excluding steroid dienone is 1. The van der Waals surface area contributed by atoms with E-state index in [1.54, 1.807) is 0 Å². The van der Waals surface area contributed by atoms with E-state index >= 15 is 0 Å². The van der Waals surface area contributed by atoms with Crippen molar-refractivity contribution >= 4 is 11.6 Å². The lowest BCUT2D eigenvalue weighted by Crippen LogP contribution is -1.61. The normalized spacial score (nSPS) is 8.46. The molecule has 1 aromatic carbocycles. The summed E-state index contributed by atoms with van der Waals surface area (Å²) in [6, 6.07) is 9.44. The number of unbranched alkanes of at least 4 members (excludes halogenated alkanes) is 2. The summed E-state index contributed by atoms with van der Waals surface area (Å²) in [4.78, 5) is 0. The average Bonchev–Trinajstić information content (AvgIpc) is 2.17. The molecule has 0 aliphatic carbocycles. The minimum atomic E-state index is 0.794. The first-order valence-corrected chi connectivity index (χ1v) is 5.00. The summed E-state index contributed by atoms with van der Waals surface area (Å²) in [5, 5.41) is 0.794. The predicted octanol–water partition coefficient (Wildman–Crippen LogP) is 4.70. The summed E-state index contributed by atoms with van der Waals surface area (Å²) in [6.07, 6.45) is 5.72. The maximum Gasteiger partial charge on any atom is 0.0405 e. The molecule has 13 heavy (non-hydrogen) atoms. The Balaban J connectivity index is 0.000000226. The zero-order chi connectivity index (χ0) is 9.94. The lowest BCUT2D eigenvalue weighted by atomic mass is 10.3. The van der Waals surface area contributed by atoms with Crippen LogP contribution in [0.15, 0.2) is 43.0 Å². The van der Waals surface area contributed by atoms with Crippen LogP contribution in [0, 0.1) is 0 Å². The van der Waals surface area contributed by atoms with E-state index in [-0.39, 0.29) is 0 Å². The molecular weight excluding hydrogens is 180 g/mol. The van der Waals surface area contributed by atoms with Crippen molar-refractivity contribution in [3.63, 3.8) is 0 Å². The average molecular weight is 197 g/mol. The molecule has 1 aromatic rings. The van der Waals surface area contributed by atoms with Crippen LogP contribution in [-0.2, 0) is 0 Å². The van der Waals surface area contributed by atoms with E-state index in [0.717, 1.165) is 5.02 Å². The second-order valence-corrected chi connectivity index (χ2v) is 3.16. The van der Waals surface area contributed by atoms with Crippen LogP contribution in [0.25, 0.3) is 0 Å². The van der Waals surface area contributed by atoms with Crippen LogP contribution in [0.3, 0.4) is 0 Å². The second-order valence-electron chi connectivity index (χ2n) is 2.73. The van der Waals surface area contributed by atoms with E-state index < -0.39 is 0 Å².